The van der Waals surface area contributed by atoms with Gasteiger partial charge in [0.25, 0.3) is 0 Å². The van der Waals surface area contributed by atoms with Gasteiger partial charge in [0.15, 0.2) is 17.0 Å². The van der Waals surface area contributed by atoms with Gasteiger partial charge in [-0.15, -0.1) is 0 Å². The van der Waals surface area contributed by atoms with Crippen LogP contribution in [0.4, 0.5) is 0 Å². The maximum atomic E-state index is 13.2. The number of rotatable bonds is 1. The van der Waals surface area contributed by atoms with Crippen molar-refractivity contribution in [1.29, 1.82) is 0 Å². The summed E-state index contributed by atoms with van der Waals surface area (Å²) < 4.78 is 22.6. The van der Waals surface area contributed by atoms with E-state index in [9.17, 15) is 9.59 Å². The average molecular weight is 308 g/mol. The van der Waals surface area contributed by atoms with Crippen LogP contribution in [0.3, 0.4) is 0 Å². The van der Waals surface area contributed by atoms with E-state index in [0.29, 0.717) is 32.5 Å². The molecule has 0 N–H and O–H groups in total. The molecule has 1 saturated carbocycles. The molecule has 0 aromatic rings. The minimum atomic E-state index is -1.24. The van der Waals surface area contributed by atoms with Gasteiger partial charge in [-0.25, -0.2) is 0 Å². The summed E-state index contributed by atoms with van der Waals surface area (Å²) in [6.07, 6.45) is 4.07. The third kappa shape index (κ3) is 1.55. The molecule has 6 heteroatoms. The van der Waals surface area contributed by atoms with Crippen molar-refractivity contribution < 1.29 is 28.5 Å². The van der Waals surface area contributed by atoms with Crippen molar-refractivity contribution in [2.24, 2.45) is 10.8 Å². The number of hydrogen-bond donors (Lipinski definition) is 0. The van der Waals surface area contributed by atoms with Crippen molar-refractivity contribution in [2.75, 3.05) is 20.3 Å². The van der Waals surface area contributed by atoms with E-state index in [-0.39, 0.29) is 11.9 Å². The van der Waals surface area contributed by atoms with Crippen LogP contribution in [0.2, 0.25) is 0 Å². The Morgan fingerprint density at radius 1 is 1.32 bits per heavy atom. The average Bonchev–Trinajstić information content (AvgIpc) is 2.97. The molecule has 1 spiro atoms. The standard InChI is InChI=1S/C16H20O6/c1-14-4-3-10(14)22-11-9-15(20-7-8-21-15)5-6-16(11,12(14)17)13(18)19-2/h3-4,10-11H,5-9H2,1-2H3/t10-,11-,14+,16-/m1/s1. The minimum absolute atomic E-state index is 0.0940. The molecule has 4 rings (SSSR count). The number of esters is 1. The van der Waals surface area contributed by atoms with Crippen LogP contribution in [0.1, 0.15) is 26.2 Å². The summed E-state index contributed by atoms with van der Waals surface area (Å²) in [5.41, 5.74) is -1.97. The number of hydrogen-bond acceptors (Lipinski definition) is 6. The minimum Gasteiger partial charge on any atom is -0.468 e. The van der Waals surface area contributed by atoms with Crippen LogP contribution in [0.25, 0.3) is 0 Å². The Hall–Kier alpha value is -1.24. The molecule has 0 unspecified atom stereocenters. The van der Waals surface area contributed by atoms with Gasteiger partial charge >= 0.3 is 5.97 Å². The Balaban J connectivity index is 1.74. The SMILES string of the molecule is COC(=O)[C@]12CCC3(C[C@H]1O[C@@H]1C=C[C@]1(C)C2=O)OCCO3. The number of ketones is 1. The predicted molar refractivity (Wildman–Crippen MR) is 73.9 cm³/mol. The Bertz CT molecular complexity index is 563. The highest BCUT2D eigenvalue weighted by Gasteiger charge is 2.69. The van der Waals surface area contributed by atoms with Gasteiger partial charge in [0, 0.05) is 12.8 Å². The van der Waals surface area contributed by atoms with E-state index < -0.39 is 28.7 Å². The number of ether oxygens (including phenoxy) is 4. The summed E-state index contributed by atoms with van der Waals surface area (Å²) in [5.74, 6) is -1.32. The quantitative estimate of drug-likeness (QED) is 0.409. The predicted octanol–water partition coefficient (Wildman–Crippen LogP) is 0.985. The number of fused-ring (bicyclic) bond motifs is 2. The topological polar surface area (TPSA) is 71.1 Å². The smallest absolute Gasteiger partial charge is 0.322 e. The van der Waals surface area contributed by atoms with Crippen molar-refractivity contribution in [3.8, 4) is 0 Å². The molecule has 6 nitrogen and oxygen atoms in total. The monoisotopic (exact) mass is 308 g/mol. The Morgan fingerprint density at radius 3 is 2.64 bits per heavy atom. The molecule has 2 aliphatic carbocycles. The first-order valence-corrected chi connectivity index (χ1v) is 7.73. The molecule has 0 radical (unpaired) electrons. The summed E-state index contributed by atoms with van der Waals surface area (Å²) in [7, 11) is 1.32. The highest BCUT2D eigenvalue weighted by molar-refractivity contribution is 6.09. The summed E-state index contributed by atoms with van der Waals surface area (Å²) in [6, 6.07) is 0. The van der Waals surface area contributed by atoms with Crippen molar-refractivity contribution in [3.05, 3.63) is 12.2 Å². The molecule has 0 amide bonds. The normalized spacial score (nSPS) is 45.1. The first kappa shape index (κ1) is 14.4. The highest BCUT2D eigenvalue weighted by atomic mass is 16.7. The summed E-state index contributed by atoms with van der Waals surface area (Å²) in [6.45, 7) is 2.90. The van der Waals surface area contributed by atoms with Gasteiger partial charge in [-0.3, -0.25) is 9.59 Å². The lowest BCUT2D eigenvalue weighted by Gasteiger charge is -2.56. The largest absolute Gasteiger partial charge is 0.468 e. The molecule has 120 valence electrons. The van der Waals surface area contributed by atoms with E-state index in [0.717, 1.165) is 0 Å². The Labute approximate surface area is 128 Å². The molecule has 4 atom stereocenters. The zero-order valence-corrected chi connectivity index (χ0v) is 12.8. The van der Waals surface area contributed by atoms with E-state index in [2.05, 4.69) is 0 Å². The van der Waals surface area contributed by atoms with E-state index >= 15 is 0 Å². The van der Waals surface area contributed by atoms with Crippen LogP contribution in [0, 0.1) is 10.8 Å². The van der Waals surface area contributed by atoms with Gasteiger partial charge < -0.3 is 18.9 Å². The highest BCUT2D eigenvalue weighted by Crippen LogP contribution is 2.57. The first-order chi connectivity index (χ1) is 10.5. The van der Waals surface area contributed by atoms with Gasteiger partial charge in [-0.1, -0.05) is 12.2 Å². The molecule has 2 heterocycles. The third-order valence-corrected chi connectivity index (χ3v) is 5.72. The fraction of sp³-hybridized carbons (Fsp3) is 0.750. The second kappa shape index (κ2) is 4.40. The van der Waals surface area contributed by atoms with Gasteiger partial charge in [0.2, 0.25) is 0 Å². The maximum absolute atomic E-state index is 13.2. The molecule has 2 saturated heterocycles. The second-order valence-electron chi connectivity index (χ2n) is 6.79. The van der Waals surface area contributed by atoms with Crippen molar-refractivity contribution in [2.45, 2.75) is 44.2 Å². The first-order valence-electron chi connectivity index (χ1n) is 7.73. The molecule has 22 heavy (non-hydrogen) atoms. The lowest BCUT2D eigenvalue weighted by molar-refractivity contribution is -0.254. The Kier molecular flexibility index (Phi) is 2.87. The summed E-state index contributed by atoms with van der Waals surface area (Å²) in [4.78, 5) is 25.7. The lowest BCUT2D eigenvalue weighted by Crippen LogP contribution is -2.68. The zero-order chi connectivity index (χ0) is 15.6. The van der Waals surface area contributed by atoms with Crippen LogP contribution in [-0.4, -0.2) is 50.1 Å². The Morgan fingerprint density at radius 2 is 2.05 bits per heavy atom. The van der Waals surface area contributed by atoms with E-state index in [1.54, 1.807) is 0 Å². The van der Waals surface area contributed by atoms with Crippen LogP contribution in [0.15, 0.2) is 12.2 Å². The number of carbonyl (C=O) groups excluding carboxylic acids is 2. The van der Waals surface area contributed by atoms with E-state index in [1.807, 2.05) is 19.1 Å². The molecule has 0 aromatic heterocycles. The fourth-order valence-electron chi connectivity index (χ4n) is 4.31. The third-order valence-electron chi connectivity index (χ3n) is 5.72. The van der Waals surface area contributed by atoms with Crippen molar-refractivity contribution in [3.63, 3.8) is 0 Å². The molecule has 4 aliphatic rings. The van der Waals surface area contributed by atoms with Crippen LogP contribution >= 0.6 is 0 Å². The second-order valence-corrected chi connectivity index (χ2v) is 6.79. The summed E-state index contributed by atoms with van der Waals surface area (Å²) >= 11 is 0. The fourth-order valence-corrected chi connectivity index (χ4v) is 4.31. The lowest BCUT2D eigenvalue weighted by atomic mass is 9.55. The van der Waals surface area contributed by atoms with Gasteiger partial charge in [-0.2, -0.15) is 0 Å². The number of Topliss-reactive ketones (excluding diaryl/α,β-unsaturated/α-hetero) is 1. The van der Waals surface area contributed by atoms with Crippen LogP contribution in [-0.2, 0) is 28.5 Å². The van der Waals surface area contributed by atoms with Gasteiger partial charge in [-0.05, 0) is 13.3 Å². The molecular weight excluding hydrogens is 288 g/mol. The van der Waals surface area contributed by atoms with E-state index in [4.69, 9.17) is 18.9 Å². The maximum Gasteiger partial charge on any atom is 0.322 e. The van der Waals surface area contributed by atoms with Gasteiger partial charge in [0.05, 0.1) is 37.9 Å². The van der Waals surface area contributed by atoms with Crippen molar-refractivity contribution >= 4 is 11.8 Å². The molecule has 2 aliphatic heterocycles. The van der Waals surface area contributed by atoms with Gasteiger partial charge in [0.1, 0.15) is 0 Å². The molecule has 3 fully saturated rings. The molecule has 0 bridgehead atoms. The van der Waals surface area contributed by atoms with Crippen molar-refractivity contribution in [1.82, 2.24) is 0 Å². The number of carbonyl (C=O) groups is 2. The zero-order valence-electron chi connectivity index (χ0n) is 12.8. The molecular formula is C16H20O6. The van der Waals surface area contributed by atoms with E-state index in [1.165, 1.54) is 7.11 Å². The van der Waals surface area contributed by atoms with Crippen LogP contribution < -0.4 is 0 Å². The molecule has 0 aromatic carbocycles. The number of methoxy groups -OCH3 is 1. The summed E-state index contributed by atoms with van der Waals surface area (Å²) in [5, 5.41) is 0. The van der Waals surface area contributed by atoms with Crippen LogP contribution in [0.5, 0.6) is 0 Å².